The SMILES string of the molecule is CC[C@H](C)[C@H](NC(=O)OCc1ccccc1)C(=O)OCC(CCn1cnc2c(=O)[nH]c(N)nc21)COC(=O)C(C)C. The van der Waals surface area contributed by atoms with Crippen LogP contribution in [0.1, 0.15) is 46.1 Å². The van der Waals surface area contributed by atoms with Crippen LogP contribution in [-0.2, 0) is 37.0 Å². The van der Waals surface area contributed by atoms with E-state index in [1.165, 1.54) is 6.33 Å². The zero-order valence-electron chi connectivity index (χ0n) is 23.8. The number of esters is 2. The molecule has 0 bridgehead atoms. The van der Waals surface area contributed by atoms with Crippen molar-refractivity contribution < 1.29 is 28.6 Å². The zero-order chi connectivity index (χ0) is 29.9. The number of imidazole rings is 1. The molecule has 41 heavy (non-hydrogen) atoms. The second-order valence-corrected chi connectivity index (χ2v) is 10.2. The summed E-state index contributed by atoms with van der Waals surface area (Å²) in [4.78, 5) is 60.5. The molecule has 3 atom stereocenters. The Morgan fingerprint density at radius 2 is 1.73 bits per heavy atom. The molecule has 0 aliphatic heterocycles. The monoisotopic (exact) mass is 570 g/mol. The van der Waals surface area contributed by atoms with Crippen molar-refractivity contribution in [2.45, 2.75) is 59.7 Å². The van der Waals surface area contributed by atoms with Crippen LogP contribution in [0.5, 0.6) is 0 Å². The normalized spacial score (nSPS) is 13.4. The van der Waals surface area contributed by atoms with Crippen molar-refractivity contribution in [2.24, 2.45) is 17.8 Å². The Kier molecular flexibility index (Phi) is 11.2. The van der Waals surface area contributed by atoms with Crippen LogP contribution in [0.15, 0.2) is 41.5 Å². The highest BCUT2D eigenvalue weighted by Gasteiger charge is 2.29. The molecular formula is C28H38N6O7. The van der Waals surface area contributed by atoms with Gasteiger partial charge in [-0.3, -0.25) is 14.6 Å². The first-order chi connectivity index (χ1) is 19.6. The highest BCUT2D eigenvalue weighted by Crippen LogP contribution is 2.15. The van der Waals surface area contributed by atoms with E-state index in [4.69, 9.17) is 19.9 Å². The number of carbonyl (C=O) groups excluding carboxylic acids is 3. The van der Waals surface area contributed by atoms with Crippen molar-refractivity contribution in [3.63, 3.8) is 0 Å². The van der Waals surface area contributed by atoms with Crippen LogP contribution in [0, 0.1) is 17.8 Å². The molecular weight excluding hydrogens is 532 g/mol. The summed E-state index contributed by atoms with van der Waals surface area (Å²) in [7, 11) is 0. The first kappa shape index (κ1) is 31.1. The molecule has 0 saturated carbocycles. The Bertz CT molecular complexity index is 1370. The summed E-state index contributed by atoms with van der Waals surface area (Å²) in [5.74, 6) is -1.97. The summed E-state index contributed by atoms with van der Waals surface area (Å²) >= 11 is 0. The summed E-state index contributed by atoms with van der Waals surface area (Å²) in [6, 6.07) is 8.27. The van der Waals surface area contributed by atoms with Crippen LogP contribution < -0.4 is 16.6 Å². The number of amides is 1. The minimum absolute atomic E-state index is 0.00756. The second-order valence-electron chi connectivity index (χ2n) is 10.2. The van der Waals surface area contributed by atoms with Crippen LogP contribution in [0.25, 0.3) is 11.2 Å². The molecule has 0 saturated heterocycles. The minimum Gasteiger partial charge on any atom is -0.465 e. The van der Waals surface area contributed by atoms with Gasteiger partial charge in [0.2, 0.25) is 5.95 Å². The second kappa shape index (κ2) is 14.8. The molecule has 2 aromatic heterocycles. The third kappa shape index (κ3) is 9.05. The van der Waals surface area contributed by atoms with Crippen molar-refractivity contribution in [2.75, 3.05) is 18.9 Å². The summed E-state index contributed by atoms with van der Waals surface area (Å²) in [5.41, 5.74) is 6.52. The number of hydrogen-bond donors (Lipinski definition) is 3. The molecule has 0 aliphatic carbocycles. The molecule has 0 aliphatic rings. The predicted molar refractivity (Wildman–Crippen MR) is 150 cm³/mol. The lowest BCUT2D eigenvalue weighted by Gasteiger charge is -2.24. The first-order valence-electron chi connectivity index (χ1n) is 13.6. The molecule has 0 radical (unpaired) electrons. The number of rotatable bonds is 14. The van der Waals surface area contributed by atoms with E-state index in [2.05, 4.69) is 20.3 Å². The molecule has 1 aromatic carbocycles. The van der Waals surface area contributed by atoms with E-state index in [9.17, 15) is 19.2 Å². The summed E-state index contributed by atoms with van der Waals surface area (Å²) in [6.07, 6.45) is 1.75. The third-order valence-corrected chi connectivity index (χ3v) is 6.62. The Hall–Kier alpha value is -4.42. The van der Waals surface area contributed by atoms with E-state index >= 15 is 0 Å². The van der Waals surface area contributed by atoms with E-state index in [0.29, 0.717) is 25.0 Å². The van der Waals surface area contributed by atoms with Crippen LogP contribution in [0.2, 0.25) is 0 Å². The lowest BCUT2D eigenvalue weighted by atomic mass is 9.99. The largest absolute Gasteiger partial charge is 0.465 e. The van der Waals surface area contributed by atoms with E-state index in [1.54, 1.807) is 18.4 Å². The van der Waals surface area contributed by atoms with Crippen molar-refractivity contribution in [1.82, 2.24) is 24.8 Å². The van der Waals surface area contributed by atoms with Gasteiger partial charge in [-0.25, -0.2) is 14.6 Å². The summed E-state index contributed by atoms with van der Waals surface area (Å²) in [6.45, 7) is 7.52. The van der Waals surface area contributed by atoms with Crippen LogP contribution in [0.3, 0.4) is 0 Å². The fraction of sp³-hybridized carbons (Fsp3) is 0.500. The van der Waals surface area contributed by atoms with Gasteiger partial charge in [0.25, 0.3) is 5.56 Å². The molecule has 13 nitrogen and oxygen atoms in total. The quantitative estimate of drug-likeness (QED) is 0.193. The number of nitrogens with two attached hydrogens (primary N) is 1. The van der Waals surface area contributed by atoms with Gasteiger partial charge < -0.3 is 29.8 Å². The number of anilines is 1. The average molecular weight is 571 g/mol. The molecule has 3 rings (SSSR count). The van der Waals surface area contributed by atoms with Gasteiger partial charge in [0, 0.05) is 12.5 Å². The molecule has 0 fully saturated rings. The number of carbonyl (C=O) groups is 3. The lowest BCUT2D eigenvalue weighted by Crippen LogP contribution is -2.46. The number of benzene rings is 1. The first-order valence-corrected chi connectivity index (χ1v) is 13.6. The number of ether oxygens (including phenoxy) is 3. The van der Waals surface area contributed by atoms with Gasteiger partial charge in [0.1, 0.15) is 12.6 Å². The summed E-state index contributed by atoms with van der Waals surface area (Å²) < 4.78 is 18.0. The standard InChI is InChI=1S/C28H38N6O7/c1-5-18(4)21(31-28(38)41-13-19-9-7-6-8-10-19)26(37)40-15-20(14-39-25(36)17(2)3)11-12-34-16-30-22-23(34)32-27(29)33-24(22)35/h6-10,16-18,20-21H,5,11-15H2,1-4H3,(H,31,38)(H3,29,32,33,35)/t18-,20?,21-/m0/s1. The molecule has 0 spiro atoms. The fourth-order valence-electron chi connectivity index (χ4n) is 3.89. The Labute approximate surface area is 237 Å². The highest BCUT2D eigenvalue weighted by atomic mass is 16.6. The van der Waals surface area contributed by atoms with Gasteiger partial charge in [-0.15, -0.1) is 0 Å². The van der Waals surface area contributed by atoms with E-state index in [-0.39, 0.29) is 55.0 Å². The Morgan fingerprint density at radius 1 is 1.05 bits per heavy atom. The number of alkyl carbamates (subject to hydrolysis) is 1. The van der Waals surface area contributed by atoms with Gasteiger partial charge in [0.05, 0.1) is 25.5 Å². The van der Waals surface area contributed by atoms with Gasteiger partial charge in [-0.05, 0) is 17.9 Å². The summed E-state index contributed by atoms with van der Waals surface area (Å²) in [5, 5.41) is 2.63. The van der Waals surface area contributed by atoms with Crippen molar-refractivity contribution in [1.29, 1.82) is 0 Å². The minimum atomic E-state index is -0.932. The lowest BCUT2D eigenvalue weighted by molar-refractivity contribution is -0.153. The van der Waals surface area contributed by atoms with E-state index in [1.807, 2.05) is 44.2 Å². The molecule has 1 unspecified atom stereocenters. The highest BCUT2D eigenvalue weighted by molar-refractivity contribution is 5.81. The average Bonchev–Trinajstić information content (AvgIpc) is 3.37. The number of aryl methyl sites for hydroxylation is 1. The Morgan fingerprint density at radius 3 is 2.39 bits per heavy atom. The molecule has 4 N–H and O–H groups in total. The number of hydrogen-bond acceptors (Lipinski definition) is 10. The number of aromatic nitrogens is 4. The van der Waals surface area contributed by atoms with Crippen molar-refractivity contribution in [3.05, 3.63) is 52.6 Å². The van der Waals surface area contributed by atoms with Crippen LogP contribution in [-0.4, -0.2) is 56.8 Å². The van der Waals surface area contributed by atoms with E-state index < -0.39 is 23.7 Å². The topological polar surface area (TPSA) is 181 Å². The number of aromatic amines is 1. The number of nitrogens with zero attached hydrogens (tertiary/aromatic N) is 3. The van der Waals surface area contributed by atoms with Crippen LogP contribution in [0.4, 0.5) is 10.7 Å². The maximum atomic E-state index is 13.1. The van der Waals surface area contributed by atoms with Gasteiger partial charge >= 0.3 is 18.0 Å². The number of fused-ring (bicyclic) bond motifs is 1. The maximum absolute atomic E-state index is 13.1. The number of nitrogens with one attached hydrogen (secondary N) is 2. The van der Waals surface area contributed by atoms with Crippen molar-refractivity contribution in [3.8, 4) is 0 Å². The van der Waals surface area contributed by atoms with E-state index in [0.717, 1.165) is 5.56 Å². The van der Waals surface area contributed by atoms with Gasteiger partial charge in [-0.2, -0.15) is 4.98 Å². The zero-order valence-corrected chi connectivity index (χ0v) is 23.8. The van der Waals surface area contributed by atoms with Gasteiger partial charge in [0.15, 0.2) is 11.2 Å². The van der Waals surface area contributed by atoms with Crippen LogP contribution >= 0.6 is 0 Å². The molecule has 2 heterocycles. The maximum Gasteiger partial charge on any atom is 0.408 e. The Balaban J connectivity index is 1.64. The molecule has 3 aromatic rings. The third-order valence-electron chi connectivity index (χ3n) is 6.62. The molecule has 1 amide bonds. The fourth-order valence-corrected chi connectivity index (χ4v) is 3.89. The van der Waals surface area contributed by atoms with Crippen molar-refractivity contribution >= 4 is 35.1 Å². The molecule has 13 heteroatoms. The smallest absolute Gasteiger partial charge is 0.408 e. The predicted octanol–water partition coefficient (Wildman–Crippen LogP) is 2.79. The van der Waals surface area contributed by atoms with Gasteiger partial charge in [-0.1, -0.05) is 64.4 Å². The number of H-pyrrole nitrogens is 1. The molecule has 222 valence electrons. The number of nitrogen functional groups attached to an aromatic ring is 1.